The standard InChI is InChI=1S/C17H12F3N3O2/c1-10-2-7-13(21-9-10)14(24)8-11-3-5-12(6-4-11)15-22-16(25-23-15)17(18,19)20/h2-7,9H,8H2,1H3. The van der Waals surface area contributed by atoms with Crippen LogP contribution in [0, 0.1) is 6.92 Å². The second-order valence-electron chi connectivity index (χ2n) is 5.44. The monoisotopic (exact) mass is 347 g/mol. The second kappa shape index (κ2) is 6.46. The first-order valence-electron chi connectivity index (χ1n) is 7.29. The molecule has 8 heteroatoms. The highest BCUT2D eigenvalue weighted by atomic mass is 19.4. The van der Waals surface area contributed by atoms with Crippen LogP contribution in [0.25, 0.3) is 11.4 Å². The number of Topliss-reactive ketones (excluding diaryl/α,β-unsaturated/α-hetero) is 1. The van der Waals surface area contributed by atoms with Gasteiger partial charge in [0.15, 0.2) is 5.78 Å². The molecule has 2 heterocycles. The van der Waals surface area contributed by atoms with Gasteiger partial charge in [-0.15, -0.1) is 0 Å². The third kappa shape index (κ3) is 3.90. The first-order chi connectivity index (χ1) is 11.8. The van der Waals surface area contributed by atoms with Gasteiger partial charge < -0.3 is 4.52 Å². The first kappa shape index (κ1) is 16.8. The summed E-state index contributed by atoms with van der Waals surface area (Å²) in [6.45, 7) is 1.88. The van der Waals surface area contributed by atoms with Gasteiger partial charge in [-0.2, -0.15) is 18.2 Å². The molecule has 3 rings (SSSR count). The van der Waals surface area contributed by atoms with Crippen LogP contribution in [0.5, 0.6) is 0 Å². The number of alkyl halides is 3. The number of nitrogens with zero attached hydrogens (tertiary/aromatic N) is 3. The highest BCUT2D eigenvalue weighted by molar-refractivity contribution is 5.95. The van der Waals surface area contributed by atoms with Crippen LogP contribution in [0.2, 0.25) is 0 Å². The van der Waals surface area contributed by atoms with E-state index >= 15 is 0 Å². The molecule has 0 unspecified atom stereocenters. The van der Waals surface area contributed by atoms with E-state index in [1.54, 1.807) is 30.5 Å². The van der Waals surface area contributed by atoms with Gasteiger partial charge in [0.25, 0.3) is 0 Å². The Kier molecular flexibility index (Phi) is 4.35. The number of hydrogen-bond donors (Lipinski definition) is 0. The summed E-state index contributed by atoms with van der Waals surface area (Å²) < 4.78 is 41.6. The van der Waals surface area contributed by atoms with Gasteiger partial charge in [-0.25, -0.2) is 0 Å². The number of carbonyl (C=O) groups is 1. The topological polar surface area (TPSA) is 68.9 Å². The number of carbonyl (C=O) groups excluding carboxylic acids is 1. The zero-order valence-corrected chi connectivity index (χ0v) is 13.0. The predicted octanol–water partition coefficient (Wildman–Crippen LogP) is 3.88. The molecule has 0 radical (unpaired) electrons. The summed E-state index contributed by atoms with van der Waals surface area (Å²) in [6.07, 6.45) is -2.93. The Balaban J connectivity index is 1.73. The number of rotatable bonds is 4. The lowest BCUT2D eigenvalue weighted by atomic mass is 10.0. The number of aryl methyl sites for hydroxylation is 1. The highest BCUT2D eigenvalue weighted by Crippen LogP contribution is 2.29. The van der Waals surface area contributed by atoms with Crippen molar-refractivity contribution in [2.45, 2.75) is 19.5 Å². The molecule has 128 valence electrons. The van der Waals surface area contributed by atoms with Crippen molar-refractivity contribution in [1.82, 2.24) is 15.1 Å². The number of benzene rings is 1. The molecule has 0 N–H and O–H groups in total. The molecule has 0 spiro atoms. The Morgan fingerprint density at radius 2 is 1.84 bits per heavy atom. The fraction of sp³-hybridized carbons (Fsp3) is 0.176. The van der Waals surface area contributed by atoms with Crippen LogP contribution in [0.4, 0.5) is 13.2 Å². The van der Waals surface area contributed by atoms with Crippen molar-refractivity contribution in [2.75, 3.05) is 0 Å². The summed E-state index contributed by atoms with van der Waals surface area (Å²) in [5, 5.41) is 3.32. The van der Waals surface area contributed by atoms with Gasteiger partial charge in [-0.05, 0) is 24.1 Å². The van der Waals surface area contributed by atoms with E-state index in [4.69, 9.17) is 0 Å². The largest absolute Gasteiger partial charge is 0.471 e. The molecule has 2 aromatic heterocycles. The van der Waals surface area contributed by atoms with Crippen LogP contribution in [0.15, 0.2) is 47.1 Å². The molecule has 0 aliphatic heterocycles. The third-order valence-corrected chi connectivity index (χ3v) is 3.44. The van der Waals surface area contributed by atoms with Crippen LogP contribution in [0.1, 0.15) is 27.5 Å². The van der Waals surface area contributed by atoms with E-state index in [2.05, 4.69) is 19.6 Å². The molecule has 0 aliphatic rings. The van der Waals surface area contributed by atoms with Crippen molar-refractivity contribution < 1.29 is 22.5 Å². The van der Waals surface area contributed by atoms with Crippen molar-refractivity contribution in [3.63, 3.8) is 0 Å². The maximum atomic E-state index is 12.5. The molecule has 0 saturated heterocycles. The van der Waals surface area contributed by atoms with Crippen molar-refractivity contribution in [1.29, 1.82) is 0 Å². The van der Waals surface area contributed by atoms with Crippen LogP contribution in [-0.4, -0.2) is 20.9 Å². The van der Waals surface area contributed by atoms with Crippen LogP contribution < -0.4 is 0 Å². The van der Waals surface area contributed by atoms with E-state index in [-0.39, 0.29) is 18.0 Å². The van der Waals surface area contributed by atoms with Gasteiger partial charge in [0.05, 0.1) is 0 Å². The Labute approximate surface area is 140 Å². The van der Waals surface area contributed by atoms with E-state index in [1.807, 2.05) is 6.92 Å². The second-order valence-corrected chi connectivity index (χ2v) is 5.44. The summed E-state index contributed by atoms with van der Waals surface area (Å²) in [6, 6.07) is 9.80. The quantitative estimate of drug-likeness (QED) is 0.670. The zero-order chi connectivity index (χ0) is 18.0. The molecule has 3 aromatic rings. The van der Waals surface area contributed by atoms with Crippen LogP contribution in [0.3, 0.4) is 0 Å². The maximum absolute atomic E-state index is 12.5. The first-order valence-corrected chi connectivity index (χ1v) is 7.29. The molecule has 0 bridgehead atoms. The Bertz CT molecular complexity index is 885. The molecule has 1 aromatic carbocycles. The molecule has 5 nitrogen and oxygen atoms in total. The Morgan fingerprint density at radius 3 is 2.40 bits per heavy atom. The molecule has 0 amide bonds. The molecular weight excluding hydrogens is 335 g/mol. The van der Waals surface area contributed by atoms with E-state index in [9.17, 15) is 18.0 Å². The summed E-state index contributed by atoms with van der Waals surface area (Å²) in [5.74, 6) is -1.70. The summed E-state index contributed by atoms with van der Waals surface area (Å²) in [4.78, 5) is 19.6. The molecular formula is C17H12F3N3O2. The number of pyridine rings is 1. The van der Waals surface area contributed by atoms with Crippen LogP contribution >= 0.6 is 0 Å². The maximum Gasteiger partial charge on any atom is 0.471 e. The number of halogens is 3. The van der Waals surface area contributed by atoms with Gasteiger partial charge in [0, 0.05) is 18.2 Å². The van der Waals surface area contributed by atoms with Crippen molar-refractivity contribution in [2.24, 2.45) is 0 Å². The summed E-state index contributed by atoms with van der Waals surface area (Å²) in [5.41, 5.74) is 2.39. The Morgan fingerprint density at radius 1 is 1.12 bits per heavy atom. The minimum Gasteiger partial charge on any atom is -0.329 e. The fourth-order valence-electron chi connectivity index (χ4n) is 2.14. The molecule has 0 saturated carbocycles. The average molecular weight is 347 g/mol. The predicted molar refractivity (Wildman–Crippen MR) is 81.7 cm³/mol. The SMILES string of the molecule is Cc1ccc(C(=O)Cc2ccc(-c3noc(C(F)(F)F)n3)cc2)nc1. The van der Waals surface area contributed by atoms with Gasteiger partial charge in [-0.3, -0.25) is 9.78 Å². The lowest BCUT2D eigenvalue weighted by Crippen LogP contribution is -2.06. The van der Waals surface area contributed by atoms with E-state index in [0.29, 0.717) is 16.8 Å². The highest BCUT2D eigenvalue weighted by Gasteiger charge is 2.38. The molecule has 0 aliphatic carbocycles. The lowest BCUT2D eigenvalue weighted by molar-refractivity contribution is -0.159. The zero-order valence-electron chi connectivity index (χ0n) is 13.0. The number of ketones is 1. The average Bonchev–Trinajstić information content (AvgIpc) is 3.06. The van der Waals surface area contributed by atoms with E-state index in [1.165, 1.54) is 12.1 Å². The van der Waals surface area contributed by atoms with Gasteiger partial charge >= 0.3 is 12.1 Å². The van der Waals surface area contributed by atoms with Gasteiger partial charge in [0.1, 0.15) is 5.69 Å². The van der Waals surface area contributed by atoms with Gasteiger partial charge in [0.2, 0.25) is 5.82 Å². The van der Waals surface area contributed by atoms with Crippen LogP contribution in [-0.2, 0) is 12.6 Å². The fourth-order valence-corrected chi connectivity index (χ4v) is 2.14. The molecule has 0 fully saturated rings. The van der Waals surface area contributed by atoms with E-state index in [0.717, 1.165) is 5.56 Å². The van der Waals surface area contributed by atoms with Gasteiger partial charge in [-0.1, -0.05) is 35.5 Å². The normalized spacial score (nSPS) is 11.5. The molecule has 0 atom stereocenters. The minimum atomic E-state index is -4.68. The smallest absolute Gasteiger partial charge is 0.329 e. The van der Waals surface area contributed by atoms with Crippen molar-refractivity contribution in [3.8, 4) is 11.4 Å². The Hall–Kier alpha value is -3.03. The number of hydrogen-bond acceptors (Lipinski definition) is 5. The lowest BCUT2D eigenvalue weighted by Gasteiger charge is -2.02. The number of aromatic nitrogens is 3. The minimum absolute atomic E-state index is 0.135. The molecule has 25 heavy (non-hydrogen) atoms. The van der Waals surface area contributed by atoms with Crippen molar-refractivity contribution >= 4 is 5.78 Å². The van der Waals surface area contributed by atoms with E-state index < -0.39 is 12.1 Å². The van der Waals surface area contributed by atoms with Crippen molar-refractivity contribution in [3.05, 3.63) is 65.3 Å². The summed E-state index contributed by atoms with van der Waals surface area (Å²) >= 11 is 0. The third-order valence-electron chi connectivity index (χ3n) is 3.44. The summed E-state index contributed by atoms with van der Waals surface area (Å²) in [7, 11) is 0.